The summed E-state index contributed by atoms with van der Waals surface area (Å²) < 4.78 is 28.2. The molecule has 2 N–H and O–H groups in total. The number of hydrogen-bond donors (Lipinski definition) is 2. The first-order chi connectivity index (χ1) is 13.8. The molecule has 0 aliphatic rings. The minimum Gasteiger partial charge on any atom is -0.380 e. The summed E-state index contributed by atoms with van der Waals surface area (Å²) in [5, 5.41) is 11.0. The molecule has 3 aromatic carbocycles. The van der Waals surface area contributed by atoms with E-state index in [4.69, 9.17) is 0 Å². The van der Waals surface area contributed by atoms with Gasteiger partial charge in [0.05, 0.1) is 10.6 Å². The molecule has 0 aliphatic carbocycles. The Balaban J connectivity index is 1.82. The van der Waals surface area contributed by atoms with Crippen molar-refractivity contribution < 1.29 is 13.5 Å². The van der Waals surface area contributed by atoms with Crippen molar-refractivity contribution in [1.82, 2.24) is 0 Å². The summed E-state index contributed by atoms with van der Waals surface area (Å²) in [6.07, 6.45) is 1.51. The van der Waals surface area contributed by atoms with Crippen molar-refractivity contribution in [2.45, 2.75) is 22.3 Å². The zero-order valence-electron chi connectivity index (χ0n) is 16.1. The average Bonchev–Trinajstić information content (AvgIpc) is 2.73. The second-order valence-corrected chi connectivity index (χ2v) is 9.40. The predicted octanol–water partition coefficient (Wildman–Crippen LogP) is 4.96. The van der Waals surface area contributed by atoms with Crippen molar-refractivity contribution >= 4 is 27.5 Å². The van der Waals surface area contributed by atoms with Crippen molar-refractivity contribution in [3.63, 3.8) is 0 Å². The van der Waals surface area contributed by atoms with Gasteiger partial charge in [-0.05, 0) is 36.8 Å². The molecule has 6 heteroatoms. The Kier molecular flexibility index (Phi) is 6.47. The molecular formula is C23H23NO3S2. The summed E-state index contributed by atoms with van der Waals surface area (Å²) >= 11 is 1.36. The number of benzene rings is 3. The highest BCUT2D eigenvalue weighted by atomic mass is 32.2. The van der Waals surface area contributed by atoms with E-state index in [1.165, 1.54) is 17.8 Å². The number of hydrogen-bond acceptors (Lipinski definition) is 4. The van der Waals surface area contributed by atoms with Gasteiger partial charge >= 0.3 is 0 Å². The largest absolute Gasteiger partial charge is 0.380 e. The van der Waals surface area contributed by atoms with Gasteiger partial charge in [0.2, 0.25) is 0 Å². The fourth-order valence-corrected chi connectivity index (χ4v) is 5.03. The van der Waals surface area contributed by atoms with Crippen LogP contribution in [0.5, 0.6) is 0 Å². The third-order valence-electron chi connectivity index (χ3n) is 4.52. The van der Waals surface area contributed by atoms with Crippen molar-refractivity contribution in [3.8, 4) is 0 Å². The molecule has 150 valence electrons. The molecule has 0 spiro atoms. The Labute approximate surface area is 176 Å². The van der Waals surface area contributed by atoms with Gasteiger partial charge in [-0.25, -0.2) is 8.42 Å². The van der Waals surface area contributed by atoms with E-state index in [-0.39, 0.29) is 4.90 Å². The van der Waals surface area contributed by atoms with E-state index in [1.807, 2.05) is 49.4 Å². The zero-order valence-corrected chi connectivity index (χ0v) is 17.7. The smallest absolute Gasteiger partial charge is 0.261 e. The Morgan fingerprint density at radius 3 is 2.28 bits per heavy atom. The number of rotatable bonds is 8. The summed E-state index contributed by atoms with van der Waals surface area (Å²) in [7, 11) is -3.71. The summed E-state index contributed by atoms with van der Waals surface area (Å²) in [5.74, 6) is 0.295. The van der Waals surface area contributed by atoms with Gasteiger partial charge in [-0.1, -0.05) is 72.8 Å². The molecule has 0 saturated carbocycles. The maximum Gasteiger partial charge on any atom is 0.261 e. The summed E-state index contributed by atoms with van der Waals surface area (Å²) in [4.78, 5) is 0.925. The van der Waals surface area contributed by atoms with Crippen LogP contribution in [-0.4, -0.2) is 19.3 Å². The molecule has 0 fully saturated rings. The van der Waals surface area contributed by atoms with Crippen molar-refractivity contribution in [3.05, 3.63) is 103 Å². The van der Waals surface area contributed by atoms with Gasteiger partial charge in [-0.2, -0.15) is 0 Å². The maximum absolute atomic E-state index is 12.8. The zero-order chi connectivity index (χ0) is 20.9. The molecule has 0 aromatic heterocycles. The van der Waals surface area contributed by atoms with Crippen molar-refractivity contribution in [2.24, 2.45) is 0 Å². The van der Waals surface area contributed by atoms with E-state index in [0.717, 1.165) is 16.0 Å². The minimum atomic E-state index is -3.71. The van der Waals surface area contributed by atoms with Gasteiger partial charge in [0.25, 0.3) is 10.0 Å². The van der Waals surface area contributed by atoms with Crippen molar-refractivity contribution in [2.75, 3.05) is 10.5 Å². The number of aliphatic hydroxyl groups is 1. The average molecular weight is 426 g/mol. The molecule has 0 heterocycles. The number of nitrogens with one attached hydrogen (secondary N) is 1. The van der Waals surface area contributed by atoms with E-state index >= 15 is 0 Å². The van der Waals surface area contributed by atoms with Crippen LogP contribution < -0.4 is 4.72 Å². The molecule has 4 nitrogen and oxygen atoms in total. The third-order valence-corrected chi connectivity index (χ3v) is 7.15. The lowest BCUT2D eigenvalue weighted by molar-refractivity contribution is 0.117. The Morgan fingerprint density at radius 1 is 1.00 bits per heavy atom. The molecule has 0 bridgehead atoms. The van der Waals surface area contributed by atoms with Crippen LogP contribution in [0.2, 0.25) is 0 Å². The molecule has 1 atom stereocenters. The highest BCUT2D eigenvalue weighted by molar-refractivity contribution is 7.99. The minimum absolute atomic E-state index is 0.204. The van der Waals surface area contributed by atoms with E-state index < -0.39 is 15.6 Å². The van der Waals surface area contributed by atoms with Crippen LogP contribution in [0.3, 0.4) is 0 Å². The molecule has 0 aliphatic heterocycles. The van der Waals surface area contributed by atoms with Gasteiger partial charge in [0.1, 0.15) is 5.60 Å². The number of aryl methyl sites for hydroxylation is 1. The molecule has 1 unspecified atom stereocenters. The third kappa shape index (κ3) is 5.09. The van der Waals surface area contributed by atoms with E-state index in [0.29, 0.717) is 11.4 Å². The first-order valence-corrected chi connectivity index (χ1v) is 11.5. The first-order valence-electron chi connectivity index (χ1n) is 9.07. The van der Waals surface area contributed by atoms with Crippen LogP contribution in [0.1, 0.15) is 11.1 Å². The van der Waals surface area contributed by atoms with Crippen LogP contribution in [0, 0.1) is 6.92 Å². The van der Waals surface area contributed by atoms with Crippen LogP contribution in [0.15, 0.2) is 101 Å². The molecular weight excluding hydrogens is 402 g/mol. The second kappa shape index (κ2) is 8.86. The van der Waals surface area contributed by atoms with Gasteiger partial charge in [-0.3, -0.25) is 4.72 Å². The van der Waals surface area contributed by atoms with Gasteiger partial charge in [-0.15, -0.1) is 11.8 Å². The molecule has 0 radical (unpaired) electrons. The summed E-state index contributed by atoms with van der Waals surface area (Å²) in [5.41, 5.74) is 0.969. The Morgan fingerprint density at radius 2 is 1.62 bits per heavy atom. The van der Waals surface area contributed by atoms with Crippen LogP contribution in [0.4, 0.5) is 5.69 Å². The van der Waals surface area contributed by atoms with Gasteiger partial charge in [0, 0.05) is 10.6 Å². The lowest BCUT2D eigenvalue weighted by Crippen LogP contribution is -2.25. The normalized spacial score (nSPS) is 13.4. The standard InChI is InChI=1S/C23H23NO3S2/c1-3-23(25,19-9-5-4-6-10-19)17-28-22-12-8-7-11-21(22)24-29(26,27)20-15-13-18(2)14-16-20/h3-16,24-25H,1,17H2,2H3. The molecule has 3 aromatic rings. The predicted molar refractivity (Wildman–Crippen MR) is 120 cm³/mol. The maximum atomic E-state index is 12.8. The van der Waals surface area contributed by atoms with Crippen LogP contribution >= 0.6 is 11.8 Å². The quantitative estimate of drug-likeness (QED) is 0.395. The second-order valence-electron chi connectivity index (χ2n) is 6.70. The fraction of sp³-hybridized carbons (Fsp3) is 0.130. The first kappa shape index (κ1) is 21.2. The molecule has 0 amide bonds. The number of thioether (sulfide) groups is 1. The summed E-state index contributed by atoms with van der Waals surface area (Å²) in [6.45, 7) is 5.68. The number of anilines is 1. The van der Waals surface area contributed by atoms with Crippen LogP contribution in [0.25, 0.3) is 0 Å². The topological polar surface area (TPSA) is 66.4 Å². The number of sulfonamides is 1. The number of para-hydroxylation sites is 1. The van der Waals surface area contributed by atoms with E-state index in [2.05, 4.69) is 11.3 Å². The Bertz CT molecular complexity index is 1080. The monoisotopic (exact) mass is 425 g/mol. The van der Waals surface area contributed by atoms with E-state index in [1.54, 1.807) is 36.4 Å². The lowest BCUT2D eigenvalue weighted by atomic mass is 9.96. The molecule has 0 saturated heterocycles. The highest BCUT2D eigenvalue weighted by Crippen LogP contribution is 2.35. The van der Waals surface area contributed by atoms with Gasteiger partial charge < -0.3 is 5.11 Å². The molecule has 29 heavy (non-hydrogen) atoms. The van der Waals surface area contributed by atoms with Gasteiger partial charge in [0.15, 0.2) is 0 Å². The van der Waals surface area contributed by atoms with Crippen molar-refractivity contribution in [1.29, 1.82) is 0 Å². The lowest BCUT2D eigenvalue weighted by Gasteiger charge is -2.25. The SMILES string of the molecule is C=CC(O)(CSc1ccccc1NS(=O)(=O)c1ccc(C)cc1)c1ccccc1. The van der Waals surface area contributed by atoms with Crippen LogP contribution in [-0.2, 0) is 15.6 Å². The van der Waals surface area contributed by atoms with E-state index in [9.17, 15) is 13.5 Å². The Hall–Kier alpha value is -2.54. The fourth-order valence-electron chi connectivity index (χ4n) is 2.77. The summed E-state index contributed by atoms with van der Waals surface area (Å²) in [6, 6.07) is 23.1. The molecule has 3 rings (SSSR count). The highest BCUT2D eigenvalue weighted by Gasteiger charge is 2.26.